The van der Waals surface area contributed by atoms with Crippen LogP contribution in [0.15, 0.2) is 18.2 Å². The van der Waals surface area contributed by atoms with Gasteiger partial charge in [-0.25, -0.2) is 0 Å². The van der Waals surface area contributed by atoms with Gasteiger partial charge >= 0.3 is 0 Å². The maximum Gasteiger partial charge on any atom is 0.253 e. The van der Waals surface area contributed by atoms with Crippen LogP contribution in [0.25, 0.3) is 0 Å². The average Bonchev–Trinajstić information content (AvgIpc) is 2.49. The molecule has 2 N–H and O–H groups in total. The third kappa shape index (κ3) is 3.95. The molecule has 1 heterocycles. The Morgan fingerprint density at radius 1 is 1.38 bits per heavy atom. The summed E-state index contributed by atoms with van der Waals surface area (Å²) < 4.78 is 0. The van der Waals surface area contributed by atoms with Crippen LogP contribution in [0.1, 0.15) is 23.2 Å². The van der Waals surface area contributed by atoms with Gasteiger partial charge in [-0.1, -0.05) is 11.6 Å². The smallest absolute Gasteiger partial charge is 0.253 e. The summed E-state index contributed by atoms with van der Waals surface area (Å²) in [4.78, 5) is 25.7. The van der Waals surface area contributed by atoms with E-state index in [1.165, 1.54) is 4.90 Å². The van der Waals surface area contributed by atoms with Gasteiger partial charge in [0.05, 0.1) is 16.6 Å². The molecule has 0 radical (unpaired) electrons. The highest BCUT2D eigenvalue weighted by Gasteiger charge is 2.22. The van der Waals surface area contributed by atoms with Crippen molar-refractivity contribution in [2.24, 2.45) is 5.92 Å². The quantitative estimate of drug-likeness (QED) is 0.897. The lowest BCUT2D eigenvalue weighted by molar-refractivity contribution is -0.120. The highest BCUT2D eigenvalue weighted by atomic mass is 35.5. The molecule has 6 heteroatoms. The molecule has 5 nitrogen and oxygen atoms in total. The van der Waals surface area contributed by atoms with E-state index in [4.69, 9.17) is 11.6 Å². The summed E-state index contributed by atoms with van der Waals surface area (Å²) in [6, 6.07) is 4.91. The van der Waals surface area contributed by atoms with Crippen LogP contribution in [0.2, 0.25) is 5.02 Å². The number of amides is 2. The second-order valence-electron chi connectivity index (χ2n) is 5.43. The second kappa shape index (κ2) is 6.91. The lowest BCUT2D eigenvalue weighted by Gasteiger charge is -2.22. The second-order valence-corrected chi connectivity index (χ2v) is 5.83. The highest BCUT2D eigenvalue weighted by Crippen LogP contribution is 2.25. The van der Waals surface area contributed by atoms with E-state index in [0.29, 0.717) is 22.8 Å². The van der Waals surface area contributed by atoms with Crippen molar-refractivity contribution in [2.75, 3.05) is 32.5 Å². The average molecular weight is 310 g/mol. The summed E-state index contributed by atoms with van der Waals surface area (Å²) in [5.41, 5.74) is 0.987. The highest BCUT2D eigenvalue weighted by molar-refractivity contribution is 6.33. The molecule has 2 rings (SSSR count). The van der Waals surface area contributed by atoms with E-state index in [0.717, 1.165) is 19.4 Å². The molecular formula is C15H20ClN3O2. The lowest BCUT2D eigenvalue weighted by atomic mass is 9.98. The van der Waals surface area contributed by atoms with Gasteiger partial charge in [0, 0.05) is 26.2 Å². The van der Waals surface area contributed by atoms with E-state index in [1.807, 2.05) is 0 Å². The molecule has 0 bridgehead atoms. The van der Waals surface area contributed by atoms with Crippen molar-refractivity contribution >= 4 is 29.1 Å². The zero-order chi connectivity index (χ0) is 15.4. The normalized spacial score (nSPS) is 18.1. The Balaban J connectivity index is 2.13. The fourth-order valence-electron chi connectivity index (χ4n) is 2.32. The first-order valence-corrected chi connectivity index (χ1v) is 7.39. The van der Waals surface area contributed by atoms with Crippen LogP contribution in [0.5, 0.6) is 0 Å². The molecule has 1 aliphatic rings. The summed E-state index contributed by atoms with van der Waals surface area (Å²) in [5, 5.41) is 6.47. The minimum absolute atomic E-state index is 0.0528. The summed E-state index contributed by atoms with van der Waals surface area (Å²) in [6.07, 6.45) is 1.86. The zero-order valence-electron chi connectivity index (χ0n) is 12.3. The zero-order valence-corrected chi connectivity index (χ0v) is 13.0. The number of benzene rings is 1. The van der Waals surface area contributed by atoms with Crippen molar-refractivity contribution in [2.45, 2.75) is 12.8 Å². The first-order chi connectivity index (χ1) is 9.99. The van der Waals surface area contributed by atoms with Crippen LogP contribution < -0.4 is 10.6 Å². The molecule has 1 saturated heterocycles. The van der Waals surface area contributed by atoms with Crippen LogP contribution in [-0.2, 0) is 4.79 Å². The molecule has 1 atom stereocenters. The van der Waals surface area contributed by atoms with Crippen LogP contribution in [0.3, 0.4) is 0 Å². The molecule has 1 aromatic carbocycles. The minimum Gasteiger partial charge on any atom is -0.345 e. The number of hydrogen-bond donors (Lipinski definition) is 2. The fraction of sp³-hybridized carbons (Fsp3) is 0.467. The standard InChI is InChI=1S/C15H20ClN3O2/c1-19(2)15(21)10-5-6-12(16)13(8-10)18-14(20)11-4-3-7-17-9-11/h5-6,8,11,17H,3-4,7,9H2,1-2H3,(H,18,20). The van der Waals surface area contributed by atoms with Crippen molar-refractivity contribution in [1.29, 1.82) is 0 Å². The maximum atomic E-state index is 12.2. The maximum absolute atomic E-state index is 12.2. The Morgan fingerprint density at radius 2 is 2.14 bits per heavy atom. The Hall–Kier alpha value is -1.59. The molecule has 1 aromatic rings. The number of nitrogens with zero attached hydrogens (tertiary/aromatic N) is 1. The Kier molecular flexibility index (Phi) is 5.20. The molecule has 114 valence electrons. The van der Waals surface area contributed by atoms with Crippen LogP contribution in [-0.4, -0.2) is 43.9 Å². The number of halogens is 1. The monoisotopic (exact) mass is 309 g/mol. The number of carbonyl (C=O) groups excluding carboxylic acids is 2. The van der Waals surface area contributed by atoms with Gasteiger partial charge < -0.3 is 15.5 Å². The summed E-state index contributed by atoms with van der Waals surface area (Å²) in [5.74, 6) is -0.233. The van der Waals surface area contributed by atoms with E-state index < -0.39 is 0 Å². The lowest BCUT2D eigenvalue weighted by Crippen LogP contribution is -2.37. The van der Waals surface area contributed by atoms with Gasteiger partial charge in [-0.2, -0.15) is 0 Å². The molecule has 21 heavy (non-hydrogen) atoms. The third-order valence-corrected chi connectivity index (χ3v) is 3.87. The first kappa shape index (κ1) is 15.8. The van der Waals surface area contributed by atoms with Crippen LogP contribution in [0.4, 0.5) is 5.69 Å². The molecule has 1 fully saturated rings. The largest absolute Gasteiger partial charge is 0.345 e. The third-order valence-electron chi connectivity index (χ3n) is 3.55. The summed E-state index contributed by atoms with van der Waals surface area (Å²) in [7, 11) is 3.37. The van der Waals surface area contributed by atoms with Crippen LogP contribution in [0, 0.1) is 5.92 Å². The van der Waals surface area contributed by atoms with Gasteiger partial charge in [0.15, 0.2) is 0 Å². The molecule has 1 unspecified atom stereocenters. The number of piperidine rings is 1. The topological polar surface area (TPSA) is 61.4 Å². The molecule has 0 saturated carbocycles. The Bertz CT molecular complexity index is 540. The van der Waals surface area contributed by atoms with E-state index in [2.05, 4.69) is 10.6 Å². The number of carbonyl (C=O) groups is 2. The molecule has 0 spiro atoms. The minimum atomic E-state index is -0.124. The van der Waals surface area contributed by atoms with Gasteiger partial charge in [0.2, 0.25) is 5.91 Å². The van der Waals surface area contributed by atoms with E-state index >= 15 is 0 Å². The number of rotatable bonds is 3. The van der Waals surface area contributed by atoms with Gasteiger partial charge in [-0.05, 0) is 37.6 Å². The van der Waals surface area contributed by atoms with Gasteiger partial charge in [0.1, 0.15) is 0 Å². The molecule has 2 amide bonds. The predicted molar refractivity (Wildman–Crippen MR) is 83.7 cm³/mol. The van der Waals surface area contributed by atoms with Crippen molar-refractivity contribution in [3.05, 3.63) is 28.8 Å². The number of anilines is 1. The fourth-order valence-corrected chi connectivity index (χ4v) is 2.49. The van der Waals surface area contributed by atoms with Gasteiger partial charge in [0.25, 0.3) is 5.91 Å². The first-order valence-electron chi connectivity index (χ1n) is 7.02. The van der Waals surface area contributed by atoms with E-state index in [9.17, 15) is 9.59 Å². The van der Waals surface area contributed by atoms with Crippen molar-refractivity contribution in [1.82, 2.24) is 10.2 Å². The van der Waals surface area contributed by atoms with Crippen molar-refractivity contribution in [3.8, 4) is 0 Å². The SMILES string of the molecule is CN(C)C(=O)c1ccc(Cl)c(NC(=O)C2CCCNC2)c1. The van der Waals surface area contributed by atoms with Gasteiger partial charge in [-0.15, -0.1) is 0 Å². The van der Waals surface area contributed by atoms with Crippen molar-refractivity contribution in [3.63, 3.8) is 0 Å². The summed E-state index contributed by atoms with van der Waals surface area (Å²) in [6.45, 7) is 1.64. The van der Waals surface area contributed by atoms with Crippen LogP contribution >= 0.6 is 11.6 Å². The number of nitrogens with one attached hydrogen (secondary N) is 2. The molecule has 1 aliphatic heterocycles. The Morgan fingerprint density at radius 3 is 2.76 bits per heavy atom. The Labute approximate surface area is 129 Å². The van der Waals surface area contributed by atoms with E-state index in [1.54, 1.807) is 32.3 Å². The molecular weight excluding hydrogens is 290 g/mol. The van der Waals surface area contributed by atoms with E-state index in [-0.39, 0.29) is 17.7 Å². The molecule has 0 aromatic heterocycles. The van der Waals surface area contributed by atoms with Gasteiger partial charge in [-0.3, -0.25) is 9.59 Å². The predicted octanol–water partition coefficient (Wildman–Crippen LogP) is 1.98. The van der Waals surface area contributed by atoms with Crippen molar-refractivity contribution < 1.29 is 9.59 Å². The molecule has 0 aliphatic carbocycles. The summed E-state index contributed by atoms with van der Waals surface area (Å²) >= 11 is 6.11. The number of hydrogen-bond acceptors (Lipinski definition) is 3.